The Morgan fingerprint density at radius 2 is 2.04 bits per heavy atom. The van der Waals surface area contributed by atoms with Crippen molar-refractivity contribution < 1.29 is 14.6 Å². The van der Waals surface area contributed by atoms with Crippen LogP contribution >= 0.6 is 0 Å². The maximum absolute atomic E-state index is 12.1. The fourth-order valence-corrected chi connectivity index (χ4v) is 2.89. The summed E-state index contributed by atoms with van der Waals surface area (Å²) in [5, 5.41) is 15.0. The zero-order valence-electron chi connectivity index (χ0n) is 13.5. The van der Waals surface area contributed by atoms with E-state index in [1.807, 2.05) is 24.3 Å². The Morgan fingerprint density at radius 1 is 1.26 bits per heavy atom. The molecule has 0 spiro atoms. The van der Waals surface area contributed by atoms with Gasteiger partial charge < -0.3 is 20.5 Å². The van der Waals surface area contributed by atoms with E-state index in [0.29, 0.717) is 25.0 Å². The Bertz CT molecular complexity index is 527. The van der Waals surface area contributed by atoms with Crippen LogP contribution in [-0.4, -0.2) is 29.9 Å². The Labute approximate surface area is 137 Å². The number of para-hydroxylation sites is 1. The van der Waals surface area contributed by atoms with Gasteiger partial charge in [-0.15, -0.1) is 0 Å². The highest BCUT2D eigenvalue weighted by atomic mass is 16.5. The van der Waals surface area contributed by atoms with Crippen LogP contribution in [0.2, 0.25) is 0 Å². The van der Waals surface area contributed by atoms with Gasteiger partial charge in [-0.3, -0.25) is 0 Å². The minimum Gasteiger partial charge on any atom is -0.490 e. The maximum Gasteiger partial charge on any atom is 0.315 e. The molecular weight excluding hydrogens is 292 g/mol. The minimum atomic E-state index is -0.172. The number of hydrogen-bond donors (Lipinski definition) is 3. The molecule has 126 valence electrons. The van der Waals surface area contributed by atoms with Crippen LogP contribution in [0.5, 0.6) is 5.75 Å². The third-order valence-electron chi connectivity index (χ3n) is 4.71. The van der Waals surface area contributed by atoms with Crippen LogP contribution in [0.1, 0.15) is 44.1 Å². The Morgan fingerprint density at radius 3 is 2.70 bits per heavy atom. The first-order valence-electron chi connectivity index (χ1n) is 8.66. The smallest absolute Gasteiger partial charge is 0.315 e. The lowest BCUT2D eigenvalue weighted by atomic mass is 9.96. The normalized spacial score (nSPS) is 18.8. The van der Waals surface area contributed by atoms with Crippen molar-refractivity contribution in [3.05, 3.63) is 29.8 Å². The molecule has 0 saturated heterocycles. The number of carbonyl (C=O) groups is 1. The third-order valence-corrected chi connectivity index (χ3v) is 4.71. The lowest BCUT2D eigenvalue weighted by molar-refractivity contribution is 0.119. The average molecular weight is 318 g/mol. The summed E-state index contributed by atoms with van der Waals surface area (Å²) < 4.78 is 5.98. The second-order valence-electron chi connectivity index (χ2n) is 6.56. The number of benzene rings is 1. The number of hydrogen-bond acceptors (Lipinski definition) is 3. The van der Waals surface area contributed by atoms with Crippen LogP contribution in [0, 0.1) is 5.92 Å². The molecule has 0 aliphatic heterocycles. The predicted molar refractivity (Wildman–Crippen MR) is 88.3 cm³/mol. The Kier molecular flexibility index (Phi) is 5.39. The van der Waals surface area contributed by atoms with Gasteiger partial charge in [0.05, 0.1) is 6.10 Å². The van der Waals surface area contributed by atoms with E-state index in [1.165, 1.54) is 6.42 Å². The number of nitrogens with one attached hydrogen (secondary N) is 2. The molecule has 2 saturated carbocycles. The van der Waals surface area contributed by atoms with E-state index in [4.69, 9.17) is 9.84 Å². The molecule has 0 unspecified atom stereocenters. The summed E-state index contributed by atoms with van der Waals surface area (Å²) in [5.74, 6) is 1.40. The van der Waals surface area contributed by atoms with Gasteiger partial charge in [0.1, 0.15) is 5.75 Å². The fourth-order valence-electron chi connectivity index (χ4n) is 2.89. The molecule has 0 bridgehead atoms. The first-order valence-corrected chi connectivity index (χ1v) is 8.66. The summed E-state index contributed by atoms with van der Waals surface area (Å²) in [6.07, 6.45) is 6.71. The van der Waals surface area contributed by atoms with Crippen molar-refractivity contribution in [1.29, 1.82) is 0 Å². The second-order valence-corrected chi connectivity index (χ2v) is 6.56. The number of carbonyl (C=O) groups excluding carboxylic acids is 1. The summed E-state index contributed by atoms with van der Waals surface area (Å²) in [6.45, 7) is 0.560. The highest BCUT2D eigenvalue weighted by molar-refractivity contribution is 5.74. The van der Waals surface area contributed by atoms with E-state index in [-0.39, 0.29) is 18.7 Å². The summed E-state index contributed by atoms with van der Waals surface area (Å²) in [4.78, 5) is 12.1. The lowest BCUT2D eigenvalue weighted by Crippen LogP contribution is -2.43. The molecule has 0 radical (unpaired) electrons. The van der Waals surface area contributed by atoms with Gasteiger partial charge in [0.2, 0.25) is 0 Å². The van der Waals surface area contributed by atoms with E-state index in [9.17, 15) is 4.79 Å². The third kappa shape index (κ3) is 4.61. The van der Waals surface area contributed by atoms with Gasteiger partial charge in [-0.1, -0.05) is 18.2 Å². The quantitative estimate of drug-likeness (QED) is 0.690. The second kappa shape index (κ2) is 7.68. The zero-order chi connectivity index (χ0) is 16.1. The minimum absolute atomic E-state index is 0.0847. The highest BCUT2D eigenvalue weighted by Crippen LogP contribution is 2.33. The number of ether oxygens (including phenoxy) is 1. The van der Waals surface area contributed by atoms with Gasteiger partial charge in [-0.05, 0) is 50.5 Å². The monoisotopic (exact) mass is 318 g/mol. The number of urea groups is 1. The molecule has 23 heavy (non-hydrogen) atoms. The molecule has 2 aliphatic rings. The molecule has 1 atom stereocenters. The van der Waals surface area contributed by atoms with Crippen LogP contribution in [0.15, 0.2) is 24.3 Å². The number of rotatable bonds is 8. The van der Waals surface area contributed by atoms with Crippen LogP contribution in [-0.2, 0) is 6.54 Å². The van der Waals surface area contributed by atoms with E-state index >= 15 is 0 Å². The number of aliphatic hydroxyl groups is 1. The molecule has 0 heterocycles. The van der Waals surface area contributed by atoms with Crippen molar-refractivity contribution in [2.75, 3.05) is 6.61 Å². The lowest BCUT2D eigenvalue weighted by Gasteiger charge is -2.27. The first kappa shape index (κ1) is 16.1. The molecule has 3 N–H and O–H groups in total. The van der Waals surface area contributed by atoms with Crippen LogP contribution < -0.4 is 15.4 Å². The van der Waals surface area contributed by atoms with Crippen LogP contribution in [0.25, 0.3) is 0 Å². The van der Waals surface area contributed by atoms with Crippen molar-refractivity contribution in [1.82, 2.24) is 10.6 Å². The molecule has 2 fully saturated rings. The van der Waals surface area contributed by atoms with Crippen molar-refractivity contribution in [3.8, 4) is 5.75 Å². The molecule has 5 heteroatoms. The molecule has 3 rings (SSSR count). The van der Waals surface area contributed by atoms with Crippen LogP contribution in [0.3, 0.4) is 0 Å². The van der Waals surface area contributed by atoms with Crippen molar-refractivity contribution in [2.24, 2.45) is 5.92 Å². The topological polar surface area (TPSA) is 70.6 Å². The molecule has 5 nitrogen and oxygen atoms in total. The summed E-state index contributed by atoms with van der Waals surface area (Å²) in [5.41, 5.74) is 1.000. The standard InChI is InChI=1S/C18H26N2O3/c21-11-10-16(13-8-9-13)20-18(22)19-12-14-4-1-2-7-17(14)23-15-5-3-6-15/h1-2,4,7,13,15-16,21H,3,5-6,8-12H2,(H2,19,20,22)/t16-/m1/s1. The molecule has 0 aromatic heterocycles. The molecule has 2 aliphatic carbocycles. The molecule has 1 aromatic carbocycles. The van der Waals surface area contributed by atoms with Gasteiger partial charge in [0.15, 0.2) is 0 Å². The van der Waals surface area contributed by atoms with Gasteiger partial charge in [-0.2, -0.15) is 0 Å². The zero-order valence-corrected chi connectivity index (χ0v) is 13.5. The molecule has 1 aromatic rings. The maximum atomic E-state index is 12.1. The number of amides is 2. The molecular formula is C18H26N2O3. The fraction of sp³-hybridized carbons (Fsp3) is 0.611. The summed E-state index contributed by atoms with van der Waals surface area (Å²) in [6, 6.07) is 7.78. The van der Waals surface area contributed by atoms with Crippen LogP contribution in [0.4, 0.5) is 4.79 Å². The van der Waals surface area contributed by atoms with E-state index in [2.05, 4.69) is 10.6 Å². The van der Waals surface area contributed by atoms with Crippen molar-refractivity contribution in [3.63, 3.8) is 0 Å². The number of aliphatic hydroxyl groups excluding tert-OH is 1. The van der Waals surface area contributed by atoms with Gasteiger partial charge >= 0.3 is 6.03 Å². The predicted octanol–water partition coefficient (Wildman–Crippen LogP) is 2.58. The average Bonchev–Trinajstić information content (AvgIpc) is 3.34. The molecule has 2 amide bonds. The van der Waals surface area contributed by atoms with Gasteiger partial charge in [0, 0.05) is 24.8 Å². The van der Waals surface area contributed by atoms with Gasteiger partial charge in [-0.25, -0.2) is 4.79 Å². The van der Waals surface area contributed by atoms with Crippen molar-refractivity contribution in [2.45, 2.75) is 57.2 Å². The van der Waals surface area contributed by atoms with Crippen molar-refractivity contribution >= 4 is 6.03 Å². The van der Waals surface area contributed by atoms with Gasteiger partial charge in [0.25, 0.3) is 0 Å². The van der Waals surface area contributed by atoms with E-state index < -0.39 is 0 Å². The Balaban J connectivity index is 1.49. The summed E-state index contributed by atoms with van der Waals surface area (Å²) >= 11 is 0. The van der Waals surface area contributed by atoms with E-state index in [0.717, 1.165) is 37.0 Å². The first-order chi connectivity index (χ1) is 11.3. The largest absolute Gasteiger partial charge is 0.490 e. The van der Waals surface area contributed by atoms with E-state index in [1.54, 1.807) is 0 Å². The highest BCUT2D eigenvalue weighted by Gasteiger charge is 2.31. The Hall–Kier alpha value is -1.75. The summed E-state index contributed by atoms with van der Waals surface area (Å²) in [7, 11) is 0. The SMILES string of the molecule is O=C(NCc1ccccc1OC1CCC1)N[C@H](CCO)C1CC1.